The van der Waals surface area contributed by atoms with Crippen LogP contribution in [0.2, 0.25) is 0 Å². The minimum absolute atomic E-state index is 0.0756. The number of anilines is 1. The van der Waals surface area contributed by atoms with E-state index in [1.807, 2.05) is 0 Å². The summed E-state index contributed by atoms with van der Waals surface area (Å²) in [5, 5.41) is 8.99. The zero-order chi connectivity index (χ0) is 13.9. The van der Waals surface area contributed by atoms with Gasteiger partial charge in [0.2, 0.25) is 10.0 Å². The third-order valence-electron chi connectivity index (χ3n) is 2.62. The molecule has 7 heteroatoms. The molecule has 0 amide bonds. The van der Waals surface area contributed by atoms with Gasteiger partial charge in [0.15, 0.2) is 0 Å². The van der Waals surface area contributed by atoms with Gasteiger partial charge in [0.25, 0.3) is 0 Å². The number of hydrogen-bond donors (Lipinski definition) is 3. The molecular formula is C11H17FN2O3S. The van der Waals surface area contributed by atoms with Gasteiger partial charge in [0, 0.05) is 6.04 Å². The van der Waals surface area contributed by atoms with Crippen LogP contribution in [0, 0.1) is 12.7 Å². The SMILES string of the molecule is CCC(CO)NS(=O)(=O)c1cc(N)c(F)cc1C. The van der Waals surface area contributed by atoms with Crippen LogP contribution >= 0.6 is 0 Å². The Hall–Kier alpha value is -1.18. The van der Waals surface area contributed by atoms with Crippen molar-refractivity contribution in [3.05, 3.63) is 23.5 Å². The highest BCUT2D eigenvalue weighted by Crippen LogP contribution is 2.21. The van der Waals surface area contributed by atoms with Crippen LogP contribution in [-0.2, 0) is 10.0 Å². The standard InChI is InChI=1S/C11H17FN2O3S/c1-3-8(6-15)14-18(16,17)11-5-10(13)9(12)4-7(11)2/h4-5,8,14-15H,3,6,13H2,1-2H3. The van der Waals surface area contributed by atoms with Crippen molar-refractivity contribution in [1.82, 2.24) is 4.72 Å². The van der Waals surface area contributed by atoms with Gasteiger partial charge in [0.05, 0.1) is 17.2 Å². The lowest BCUT2D eigenvalue weighted by atomic mass is 10.2. The molecule has 0 aromatic heterocycles. The molecule has 1 aromatic carbocycles. The first kappa shape index (κ1) is 14.9. The molecule has 0 fully saturated rings. The Morgan fingerprint density at radius 3 is 2.61 bits per heavy atom. The van der Waals surface area contributed by atoms with E-state index in [2.05, 4.69) is 4.72 Å². The van der Waals surface area contributed by atoms with Crippen molar-refractivity contribution in [2.24, 2.45) is 0 Å². The molecule has 4 N–H and O–H groups in total. The Kier molecular flexibility index (Phi) is 4.66. The number of nitrogens with one attached hydrogen (secondary N) is 1. The number of halogens is 1. The predicted octanol–water partition coefficient (Wildman–Crippen LogP) is 0.766. The highest BCUT2D eigenvalue weighted by atomic mass is 32.2. The minimum Gasteiger partial charge on any atom is -0.396 e. The van der Waals surface area contributed by atoms with E-state index in [4.69, 9.17) is 10.8 Å². The monoisotopic (exact) mass is 276 g/mol. The van der Waals surface area contributed by atoms with Gasteiger partial charge < -0.3 is 10.8 Å². The molecule has 102 valence electrons. The Morgan fingerprint density at radius 2 is 2.11 bits per heavy atom. The Bertz CT molecular complexity index is 527. The van der Waals surface area contributed by atoms with Crippen molar-refractivity contribution in [3.8, 4) is 0 Å². The van der Waals surface area contributed by atoms with E-state index in [0.717, 1.165) is 12.1 Å². The second-order valence-electron chi connectivity index (χ2n) is 4.05. The van der Waals surface area contributed by atoms with Crippen LogP contribution < -0.4 is 10.5 Å². The number of hydrogen-bond acceptors (Lipinski definition) is 4. The summed E-state index contributed by atoms with van der Waals surface area (Å²) in [7, 11) is -3.81. The van der Waals surface area contributed by atoms with Crippen molar-refractivity contribution in [3.63, 3.8) is 0 Å². The highest BCUT2D eigenvalue weighted by molar-refractivity contribution is 7.89. The molecule has 0 aliphatic carbocycles. The third kappa shape index (κ3) is 3.18. The van der Waals surface area contributed by atoms with E-state index in [0.29, 0.717) is 6.42 Å². The summed E-state index contributed by atoms with van der Waals surface area (Å²) in [5.74, 6) is -0.652. The molecule has 1 atom stereocenters. The quantitative estimate of drug-likeness (QED) is 0.692. The molecule has 0 bridgehead atoms. The smallest absolute Gasteiger partial charge is 0.241 e. The lowest BCUT2D eigenvalue weighted by Crippen LogP contribution is -2.37. The molecule has 0 heterocycles. The maximum atomic E-state index is 13.2. The van der Waals surface area contributed by atoms with E-state index < -0.39 is 21.9 Å². The van der Waals surface area contributed by atoms with Crippen molar-refractivity contribution in [2.75, 3.05) is 12.3 Å². The molecule has 1 unspecified atom stereocenters. The number of nitrogens with two attached hydrogens (primary N) is 1. The Labute approximate surface area is 106 Å². The normalized spacial score (nSPS) is 13.6. The van der Waals surface area contributed by atoms with Crippen LogP contribution in [0.1, 0.15) is 18.9 Å². The van der Waals surface area contributed by atoms with Gasteiger partial charge in [-0.05, 0) is 31.0 Å². The van der Waals surface area contributed by atoms with Crippen LogP contribution in [-0.4, -0.2) is 26.2 Å². The maximum Gasteiger partial charge on any atom is 0.241 e. The second-order valence-corrected chi connectivity index (χ2v) is 5.73. The minimum atomic E-state index is -3.81. The molecule has 0 aliphatic rings. The Balaban J connectivity index is 3.16. The van der Waals surface area contributed by atoms with Crippen molar-refractivity contribution in [2.45, 2.75) is 31.2 Å². The van der Waals surface area contributed by atoms with E-state index in [-0.39, 0.29) is 22.8 Å². The van der Waals surface area contributed by atoms with Gasteiger partial charge in [0.1, 0.15) is 5.82 Å². The number of aliphatic hydroxyl groups excluding tert-OH is 1. The van der Waals surface area contributed by atoms with E-state index >= 15 is 0 Å². The summed E-state index contributed by atoms with van der Waals surface area (Å²) >= 11 is 0. The number of sulfonamides is 1. The van der Waals surface area contributed by atoms with Gasteiger partial charge in [-0.25, -0.2) is 17.5 Å². The molecule has 0 saturated heterocycles. The van der Waals surface area contributed by atoms with Crippen LogP contribution in [0.5, 0.6) is 0 Å². The fourth-order valence-corrected chi connectivity index (χ4v) is 3.06. The average Bonchev–Trinajstić information content (AvgIpc) is 2.30. The van der Waals surface area contributed by atoms with Crippen molar-refractivity contribution in [1.29, 1.82) is 0 Å². The molecule has 5 nitrogen and oxygen atoms in total. The molecule has 0 saturated carbocycles. The molecule has 1 rings (SSSR count). The average molecular weight is 276 g/mol. The molecule has 0 radical (unpaired) electrons. The summed E-state index contributed by atoms with van der Waals surface area (Å²) in [6.07, 6.45) is 0.450. The van der Waals surface area contributed by atoms with Crippen molar-refractivity contribution < 1.29 is 17.9 Å². The van der Waals surface area contributed by atoms with Crippen molar-refractivity contribution >= 4 is 15.7 Å². The second kappa shape index (κ2) is 5.64. The number of nitrogen functional groups attached to an aromatic ring is 1. The van der Waals surface area contributed by atoms with Crippen LogP contribution in [0.4, 0.5) is 10.1 Å². The molecule has 0 aliphatic heterocycles. The molecule has 18 heavy (non-hydrogen) atoms. The Morgan fingerprint density at radius 1 is 1.50 bits per heavy atom. The largest absolute Gasteiger partial charge is 0.396 e. The number of aliphatic hydroxyl groups is 1. The third-order valence-corrected chi connectivity index (χ3v) is 4.28. The first-order valence-corrected chi connectivity index (χ1v) is 6.99. The fourth-order valence-electron chi connectivity index (χ4n) is 1.49. The highest BCUT2D eigenvalue weighted by Gasteiger charge is 2.21. The first-order chi connectivity index (χ1) is 8.31. The van der Waals surface area contributed by atoms with Gasteiger partial charge >= 0.3 is 0 Å². The number of rotatable bonds is 5. The maximum absolute atomic E-state index is 13.2. The molecule has 0 spiro atoms. The van der Waals surface area contributed by atoms with E-state index in [1.54, 1.807) is 6.92 Å². The summed E-state index contributed by atoms with van der Waals surface area (Å²) in [4.78, 5) is -0.0756. The molecule has 1 aromatic rings. The topological polar surface area (TPSA) is 92.4 Å². The van der Waals surface area contributed by atoms with E-state index in [9.17, 15) is 12.8 Å². The zero-order valence-corrected chi connectivity index (χ0v) is 11.1. The van der Waals surface area contributed by atoms with Gasteiger partial charge in [-0.15, -0.1) is 0 Å². The number of aryl methyl sites for hydroxylation is 1. The number of benzene rings is 1. The fraction of sp³-hybridized carbons (Fsp3) is 0.455. The summed E-state index contributed by atoms with van der Waals surface area (Å²) < 4.78 is 39.6. The van der Waals surface area contributed by atoms with Gasteiger partial charge in [-0.3, -0.25) is 0 Å². The predicted molar refractivity (Wildman–Crippen MR) is 67.0 cm³/mol. The first-order valence-electron chi connectivity index (χ1n) is 5.50. The summed E-state index contributed by atoms with van der Waals surface area (Å²) in [6.45, 7) is 2.93. The summed E-state index contributed by atoms with van der Waals surface area (Å²) in [6, 6.07) is 1.58. The lowest BCUT2D eigenvalue weighted by molar-refractivity contribution is 0.254. The van der Waals surface area contributed by atoms with Gasteiger partial charge in [-0.2, -0.15) is 0 Å². The van der Waals surface area contributed by atoms with Crippen LogP contribution in [0.3, 0.4) is 0 Å². The summed E-state index contributed by atoms with van der Waals surface area (Å²) in [5.41, 5.74) is 5.41. The van der Waals surface area contributed by atoms with Crippen LogP contribution in [0.25, 0.3) is 0 Å². The van der Waals surface area contributed by atoms with Crippen LogP contribution in [0.15, 0.2) is 17.0 Å². The molecular weight excluding hydrogens is 259 g/mol. The lowest BCUT2D eigenvalue weighted by Gasteiger charge is -2.16. The van der Waals surface area contributed by atoms with E-state index in [1.165, 1.54) is 6.92 Å². The zero-order valence-electron chi connectivity index (χ0n) is 10.3. The van der Waals surface area contributed by atoms with Gasteiger partial charge in [-0.1, -0.05) is 6.92 Å².